The zero-order chi connectivity index (χ0) is 15.9. The molecule has 108 valence electrons. The summed E-state index contributed by atoms with van der Waals surface area (Å²) in [4.78, 5) is 12.5. The molecule has 4 heteroatoms. The highest BCUT2D eigenvalue weighted by molar-refractivity contribution is 5.73. The standard InChI is InChI=1S/C18H13N2O2/c1-18(21)19-12-10-8-6-4-2-3-5-7-9-11-13-20-14-16-22-17-15-20/h12H,14-17H2,1H3,(H,19,21)/q-1. The molecule has 1 amide bonds. The van der Waals surface area contributed by atoms with E-state index in [4.69, 9.17) is 4.74 Å². The van der Waals surface area contributed by atoms with Crippen LogP contribution in [0.25, 0.3) is 0 Å². The van der Waals surface area contributed by atoms with Gasteiger partial charge in [-0.25, -0.2) is 5.92 Å². The van der Waals surface area contributed by atoms with Crippen molar-refractivity contribution >= 4 is 5.91 Å². The highest BCUT2D eigenvalue weighted by Crippen LogP contribution is 1.92. The molecule has 1 heterocycles. The highest BCUT2D eigenvalue weighted by atomic mass is 16.5. The number of morpholine rings is 1. The Morgan fingerprint density at radius 1 is 1.05 bits per heavy atom. The number of rotatable bonds is 1. The molecule has 0 aromatic rings. The SMILES string of the molecule is CC(=O)NC=[C-]C#CC#CC#CC#CC#CN1CCOCC1. The Bertz CT molecular complexity index is 717. The second kappa shape index (κ2) is 11.6. The number of carbonyl (C=O) groups is 1. The maximum absolute atomic E-state index is 10.5. The van der Waals surface area contributed by atoms with Crippen molar-refractivity contribution in [1.29, 1.82) is 0 Å². The molecule has 22 heavy (non-hydrogen) atoms. The second-order valence-corrected chi connectivity index (χ2v) is 3.83. The predicted molar refractivity (Wildman–Crippen MR) is 82.9 cm³/mol. The van der Waals surface area contributed by atoms with Crippen LogP contribution in [0.1, 0.15) is 6.92 Å². The van der Waals surface area contributed by atoms with Crippen LogP contribution in [-0.4, -0.2) is 37.1 Å². The minimum atomic E-state index is -0.179. The molecule has 0 atom stereocenters. The average Bonchev–Trinajstić information content (AvgIpc) is 2.52. The summed E-state index contributed by atoms with van der Waals surface area (Å²) in [5.41, 5.74) is 0. The van der Waals surface area contributed by atoms with Crippen molar-refractivity contribution in [1.82, 2.24) is 10.2 Å². The van der Waals surface area contributed by atoms with Gasteiger partial charge in [0.2, 0.25) is 5.91 Å². The van der Waals surface area contributed by atoms with Gasteiger partial charge in [-0.2, -0.15) is 6.08 Å². The number of hydrogen-bond acceptors (Lipinski definition) is 3. The third-order valence-corrected chi connectivity index (χ3v) is 2.14. The molecule has 0 aliphatic carbocycles. The number of ether oxygens (including phenoxy) is 1. The molecule has 1 aliphatic heterocycles. The summed E-state index contributed by atoms with van der Waals surface area (Å²) in [6.45, 7) is 4.41. The third kappa shape index (κ3) is 9.67. The van der Waals surface area contributed by atoms with Crippen molar-refractivity contribution in [3.8, 4) is 59.3 Å². The minimum Gasteiger partial charge on any atom is -0.378 e. The van der Waals surface area contributed by atoms with Crippen molar-refractivity contribution in [3.05, 3.63) is 12.3 Å². The molecular weight excluding hydrogens is 276 g/mol. The Labute approximate surface area is 131 Å². The van der Waals surface area contributed by atoms with Crippen molar-refractivity contribution in [2.75, 3.05) is 26.3 Å². The lowest BCUT2D eigenvalue weighted by Crippen LogP contribution is -2.32. The number of amides is 1. The van der Waals surface area contributed by atoms with Crippen LogP contribution in [0.2, 0.25) is 0 Å². The van der Waals surface area contributed by atoms with E-state index in [-0.39, 0.29) is 5.91 Å². The number of nitrogens with one attached hydrogen (secondary N) is 1. The van der Waals surface area contributed by atoms with E-state index in [1.54, 1.807) is 0 Å². The lowest BCUT2D eigenvalue weighted by Gasteiger charge is -2.22. The monoisotopic (exact) mass is 289 g/mol. The highest BCUT2D eigenvalue weighted by Gasteiger charge is 2.04. The van der Waals surface area contributed by atoms with Gasteiger partial charge in [0.25, 0.3) is 0 Å². The van der Waals surface area contributed by atoms with Gasteiger partial charge in [-0.3, -0.25) is 10.7 Å². The minimum absolute atomic E-state index is 0.179. The first kappa shape index (κ1) is 16.8. The number of hydrogen-bond donors (Lipinski definition) is 1. The molecule has 0 bridgehead atoms. The number of allylic oxidation sites excluding steroid dienone is 1. The maximum atomic E-state index is 10.5. The molecule has 0 spiro atoms. The van der Waals surface area contributed by atoms with E-state index in [2.05, 4.69) is 70.7 Å². The smallest absolute Gasteiger partial charge is 0.219 e. The normalized spacial score (nSPS) is 11.8. The summed E-state index contributed by atoms with van der Waals surface area (Å²) in [7, 11) is 0. The average molecular weight is 289 g/mol. The lowest BCUT2D eigenvalue weighted by atomic mass is 10.4. The maximum Gasteiger partial charge on any atom is 0.219 e. The van der Waals surface area contributed by atoms with Gasteiger partial charge in [-0.15, -0.1) is 5.92 Å². The first-order valence-corrected chi connectivity index (χ1v) is 6.46. The summed E-state index contributed by atoms with van der Waals surface area (Å²) >= 11 is 0. The van der Waals surface area contributed by atoms with Crippen LogP contribution in [0.15, 0.2) is 6.20 Å². The third-order valence-electron chi connectivity index (χ3n) is 2.14. The summed E-state index contributed by atoms with van der Waals surface area (Å²) in [6.07, 6.45) is 3.86. The predicted octanol–water partition coefficient (Wildman–Crippen LogP) is -0.254. The molecule has 1 fully saturated rings. The van der Waals surface area contributed by atoms with Gasteiger partial charge in [0.1, 0.15) is 0 Å². The molecule has 1 rings (SSSR count). The molecule has 0 aromatic heterocycles. The number of nitrogens with zero attached hydrogens (tertiary/aromatic N) is 1. The molecular formula is C18H13N2O2-. The van der Waals surface area contributed by atoms with Crippen LogP contribution in [0.5, 0.6) is 0 Å². The van der Waals surface area contributed by atoms with Gasteiger partial charge in [-0.05, 0) is 17.8 Å². The van der Waals surface area contributed by atoms with E-state index < -0.39 is 0 Å². The molecule has 1 saturated heterocycles. The lowest BCUT2D eigenvalue weighted by molar-refractivity contribution is -0.118. The molecule has 0 unspecified atom stereocenters. The fraction of sp³-hybridized carbons (Fsp3) is 0.278. The van der Waals surface area contributed by atoms with Crippen molar-refractivity contribution in [3.63, 3.8) is 0 Å². The van der Waals surface area contributed by atoms with Gasteiger partial charge >= 0.3 is 0 Å². The van der Waals surface area contributed by atoms with E-state index in [0.29, 0.717) is 13.2 Å². The summed E-state index contributed by atoms with van der Waals surface area (Å²) < 4.78 is 5.20. The van der Waals surface area contributed by atoms with E-state index >= 15 is 0 Å². The Balaban J connectivity index is 2.31. The van der Waals surface area contributed by atoms with Crippen LogP contribution >= 0.6 is 0 Å². The Kier molecular flexibility index (Phi) is 8.86. The van der Waals surface area contributed by atoms with E-state index in [9.17, 15) is 4.79 Å². The molecule has 1 N–H and O–H groups in total. The summed E-state index contributed by atoms with van der Waals surface area (Å²) in [5.74, 6) is 22.9. The molecule has 0 saturated carbocycles. The largest absolute Gasteiger partial charge is 0.378 e. The van der Waals surface area contributed by atoms with Crippen molar-refractivity contribution in [2.45, 2.75) is 6.92 Å². The van der Waals surface area contributed by atoms with Crippen LogP contribution in [-0.2, 0) is 9.53 Å². The summed E-state index contributed by atoms with van der Waals surface area (Å²) in [5, 5.41) is 2.40. The van der Waals surface area contributed by atoms with Gasteiger partial charge in [0.05, 0.1) is 13.2 Å². The van der Waals surface area contributed by atoms with Crippen LogP contribution in [0.3, 0.4) is 0 Å². The second-order valence-electron chi connectivity index (χ2n) is 3.83. The Morgan fingerprint density at radius 2 is 1.64 bits per heavy atom. The van der Waals surface area contributed by atoms with E-state index in [1.165, 1.54) is 13.1 Å². The Morgan fingerprint density at radius 3 is 2.27 bits per heavy atom. The first-order chi connectivity index (χ1) is 10.8. The summed E-state index contributed by atoms with van der Waals surface area (Å²) in [6, 6.07) is 2.92. The van der Waals surface area contributed by atoms with Gasteiger partial charge in [-0.1, -0.05) is 6.20 Å². The van der Waals surface area contributed by atoms with Gasteiger partial charge in [0.15, 0.2) is 0 Å². The fourth-order valence-electron chi connectivity index (χ4n) is 1.21. The molecule has 4 nitrogen and oxygen atoms in total. The molecule has 0 aromatic carbocycles. The van der Waals surface area contributed by atoms with Gasteiger partial charge < -0.3 is 15.0 Å². The zero-order valence-corrected chi connectivity index (χ0v) is 12.2. The Hall–Kier alpha value is -3.23. The van der Waals surface area contributed by atoms with E-state index in [0.717, 1.165) is 13.1 Å². The topological polar surface area (TPSA) is 41.6 Å². The number of carbonyl (C=O) groups excluding carboxylic acids is 1. The van der Waals surface area contributed by atoms with Crippen molar-refractivity contribution < 1.29 is 9.53 Å². The van der Waals surface area contributed by atoms with Crippen LogP contribution in [0, 0.1) is 65.4 Å². The molecule has 1 aliphatic rings. The van der Waals surface area contributed by atoms with Crippen molar-refractivity contribution in [2.24, 2.45) is 0 Å². The quantitative estimate of drug-likeness (QED) is 0.534. The first-order valence-electron chi connectivity index (χ1n) is 6.46. The molecule has 0 radical (unpaired) electrons. The van der Waals surface area contributed by atoms with E-state index in [1.807, 2.05) is 4.90 Å². The zero-order valence-electron chi connectivity index (χ0n) is 12.2. The van der Waals surface area contributed by atoms with Gasteiger partial charge in [0, 0.05) is 43.8 Å². The fourth-order valence-corrected chi connectivity index (χ4v) is 1.21. The van der Waals surface area contributed by atoms with Crippen LogP contribution < -0.4 is 5.32 Å². The van der Waals surface area contributed by atoms with Crippen LogP contribution in [0.4, 0.5) is 0 Å².